The quantitative estimate of drug-likeness (QED) is 0.345. The van der Waals surface area contributed by atoms with Crippen LogP contribution in [0.3, 0.4) is 0 Å². The first-order valence-corrected chi connectivity index (χ1v) is 12.8. The van der Waals surface area contributed by atoms with E-state index in [1.807, 2.05) is 38.1 Å². The number of rotatable bonds is 11. The van der Waals surface area contributed by atoms with Crippen molar-refractivity contribution in [2.45, 2.75) is 39.0 Å². The van der Waals surface area contributed by atoms with E-state index in [2.05, 4.69) is 0 Å². The van der Waals surface area contributed by atoms with Crippen molar-refractivity contribution < 1.29 is 22.7 Å². The van der Waals surface area contributed by atoms with E-state index in [1.165, 1.54) is 33.5 Å². The second-order valence-corrected chi connectivity index (χ2v) is 9.84. The van der Waals surface area contributed by atoms with Gasteiger partial charge >= 0.3 is 5.97 Å². The summed E-state index contributed by atoms with van der Waals surface area (Å²) >= 11 is 0. The molecule has 2 rings (SSSR count). The molecule has 0 saturated heterocycles. The number of aryl methyl sites for hydroxylation is 2. The van der Waals surface area contributed by atoms with Crippen LogP contribution in [-0.2, 0) is 24.3 Å². The van der Waals surface area contributed by atoms with Gasteiger partial charge in [0.15, 0.2) is 6.61 Å². The SMILES string of the molecule is CCN(CC)S(=O)(=O)c1ccc(/C=C/C(=O)OCC(=O)N(CCC#N)c2cc(C)cc(C)c2)cc1. The first-order chi connectivity index (χ1) is 16.6. The van der Waals surface area contributed by atoms with Crippen LogP contribution in [0.15, 0.2) is 53.4 Å². The molecule has 9 heteroatoms. The van der Waals surface area contributed by atoms with Gasteiger partial charge in [-0.2, -0.15) is 9.57 Å². The fraction of sp³-hybridized carbons (Fsp3) is 0.346. The Morgan fingerprint density at radius 3 is 2.17 bits per heavy atom. The summed E-state index contributed by atoms with van der Waals surface area (Å²) in [5, 5.41) is 8.95. The number of anilines is 1. The van der Waals surface area contributed by atoms with Gasteiger partial charge in [-0.3, -0.25) is 4.79 Å². The maximum Gasteiger partial charge on any atom is 0.331 e. The van der Waals surface area contributed by atoms with Gasteiger partial charge in [-0.1, -0.05) is 32.0 Å². The molecule has 0 N–H and O–H groups in total. The molecule has 1 amide bonds. The fourth-order valence-electron chi connectivity index (χ4n) is 3.55. The van der Waals surface area contributed by atoms with Gasteiger partial charge < -0.3 is 9.64 Å². The Bertz CT molecular complexity index is 1190. The molecule has 186 valence electrons. The summed E-state index contributed by atoms with van der Waals surface area (Å²) in [4.78, 5) is 26.5. The third kappa shape index (κ3) is 7.77. The van der Waals surface area contributed by atoms with Crippen LogP contribution in [0.2, 0.25) is 0 Å². The minimum atomic E-state index is -3.56. The van der Waals surface area contributed by atoms with E-state index in [0.717, 1.165) is 11.1 Å². The van der Waals surface area contributed by atoms with Crippen molar-refractivity contribution in [3.63, 3.8) is 0 Å². The van der Waals surface area contributed by atoms with Gasteiger partial charge in [-0.05, 0) is 60.9 Å². The van der Waals surface area contributed by atoms with Crippen LogP contribution < -0.4 is 4.90 Å². The second-order valence-electron chi connectivity index (χ2n) is 7.90. The second kappa shape index (κ2) is 12.8. The number of carbonyl (C=O) groups is 2. The molecule has 0 fully saturated rings. The molecule has 0 heterocycles. The number of benzene rings is 2. The van der Waals surface area contributed by atoms with Gasteiger partial charge in [-0.15, -0.1) is 0 Å². The summed E-state index contributed by atoms with van der Waals surface area (Å²) in [5.41, 5.74) is 3.21. The number of carbonyl (C=O) groups excluding carboxylic acids is 2. The van der Waals surface area contributed by atoms with Crippen molar-refractivity contribution in [3.05, 3.63) is 65.2 Å². The zero-order valence-electron chi connectivity index (χ0n) is 20.5. The Labute approximate surface area is 207 Å². The predicted octanol–water partition coefficient (Wildman–Crippen LogP) is 3.84. The van der Waals surface area contributed by atoms with Gasteiger partial charge in [-0.25, -0.2) is 13.2 Å². The lowest BCUT2D eigenvalue weighted by atomic mass is 10.1. The largest absolute Gasteiger partial charge is 0.452 e. The average molecular weight is 498 g/mol. The number of esters is 1. The summed E-state index contributed by atoms with van der Waals surface area (Å²) in [7, 11) is -3.56. The number of nitrogens with zero attached hydrogens (tertiary/aromatic N) is 3. The van der Waals surface area contributed by atoms with Crippen molar-refractivity contribution in [2.75, 3.05) is 31.1 Å². The van der Waals surface area contributed by atoms with Crippen LogP contribution in [0.1, 0.15) is 37.0 Å². The van der Waals surface area contributed by atoms with Gasteiger partial charge in [0, 0.05) is 31.4 Å². The summed E-state index contributed by atoms with van der Waals surface area (Å²) in [6.07, 6.45) is 2.81. The summed E-state index contributed by atoms with van der Waals surface area (Å²) in [5.74, 6) is -1.14. The highest BCUT2D eigenvalue weighted by atomic mass is 32.2. The minimum Gasteiger partial charge on any atom is -0.452 e. The third-order valence-electron chi connectivity index (χ3n) is 5.24. The lowest BCUT2D eigenvalue weighted by Crippen LogP contribution is -2.35. The Morgan fingerprint density at radius 2 is 1.63 bits per heavy atom. The molecule has 0 atom stereocenters. The molecule has 0 unspecified atom stereocenters. The number of ether oxygens (including phenoxy) is 1. The lowest BCUT2D eigenvalue weighted by Gasteiger charge is -2.22. The third-order valence-corrected chi connectivity index (χ3v) is 7.30. The van der Waals surface area contributed by atoms with Crippen LogP contribution in [0.4, 0.5) is 5.69 Å². The van der Waals surface area contributed by atoms with Crippen LogP contribution >= 0.6 is 0 Å². The highest BCUT2D eigenvalue weighted by molar-refractivity contribution is 7.89. The zero-order valence-corrected chi connectivity index (χ0v) is 21.3. The molecule has 0 bridgehead atoms. The van der Waals surface area contributed by atoms with Crippen LogP contribution in [0.5, 0.6) is 0 Å². The van der Waals surface area contributed by atoms with Crippen LogP contribution in [-0.4, -0.2) is 50.8 Å². The van der Waals surface area contributed by atoms with Crippen molar-refractivity contribution in [3.8, 4) is 6.07 Å². The molecule has 0 aliphatic rings. The smallest absolute Gasteiger partial charge is 0.331 e. The summed E-state index contributed by atoms with van der Waals surface area (Å²) < 4.78 is 31.6. The Balaban J connectivity index is 2.03. The monoisotopic (exact) mass is 497 g/mol. The fourth-order valence-corrected chi connectivity index (χ4v) is 5.01. The molecule has 0 saturated carbocycles. The molecular weight excluding hydrogens is 466 g/mol. The highest BCUT2D eigenvalue weighted by Crippen LogP contribution is 2.20. The zero-order chi connectivity index (χ0) is 26.0. The van der Waals surface area contributed by atoms with E-state index in [1.54, 1.807) is 26.0 Å². The number of nitriles is 1. The van der Waals surface area contributed by atoms with Gasteiger partial charge in [0.2, 0.25) is 10.0 Å². The number of hydrogen-bond acceptors (Lipinski definition) is 6. The molecule has 35 heavy (non-hydrogen) atoms. The molecular formula is C26H31N3O5S. The van der Waals surface area contributed by atoms with Crippen LogP contribution in [0, 0.1) is 25.2 Å². The van der Waals surface area contributed by atoms with E-state index < -0.39 is 28.5 Å². The maximum absolute atomic E-state index is 12.7. The van der Waals surface area contributed by atoms with Crippen molar-refractivity contribution >= 4 is 33.7 Å². The molecule has 0 radical (unpaired) electrons. The summed E-state index contributed by atoms with van der Waals surface area (Å²) in [6, 6.07) is 13.8. The standard InChI is InChI=1S/C26H31N3O5S/c1-5-28(6-2)35(32,33)24-11-8-22(9-12-24)10-13-26(31)34-19-25(30)29(15-7-14-27)23-17-20(3)16-21(4)18-23/h8-13,16-18H,5-7,15,19H2,1-4H3/b13-10+. The Kier molecular flexibility index (Phi) is 10.2. The van der Waals surface area contributed by atoms with E-state index in [4.69, 9.17) is 10.00 Å². The molecule has 8 nitrogen and oxygen atoms in total. The maximum atomic E-state index is 12.7. The molecule has 0 aromatic heterocycles. The number of hydrogen-bond donors (Lipinski definition) is 0. The molecule has 0 spiro atoms. The minimum absolute atomic E-state index is 0.145. The topological polar surface area (TPSA) is 108 Å². The highest BCUT2D eigenvalue weighted by Gasteiger charge is 2.21. The van der Waals surface area contributed by atoms with E-state index >= 15 is 0 Å². The Morgan fingerprint density at radius 1 is 1.03 bits per heavy atom. The first kappa shape index (κ1) is 27.8. The number of sulfonamides is 1. The lowest BCUT2D eigenvalue weighted by molar-refractivity contribution is -0.142. The molecule has 2 aromatic carbocycles. The van der Waals surface area contributed by atoms with Gasteiger partial charge in [0.05, 0.1) is 17.4 Å². The normalized spacial score (nSPS) is 11.4. The first-order valence-electron chi connectivity index (χ1n) is 11.3. The van der Waals surface area contributed by atoms with E-state index in [-0.39, 0.29) is 17.9 Å². The molecule has 0 aliphatic heterocycles. The van der Waals surface area contributed by atoms with E-state index in [0.29, 0.717) is 24.3 Å². The van der Waals surface area contributed by atoms with Gasteiger partial charge in [0.1, 0.15) is 0 Å². The Hall–Kier alpha value is -3.48. The van der Waals surface area contributed by atoms with Crippen LogP contribution in [0.25, 0.3) is 6.08 Å². The molecule has 0 aliphatic carbocycles. The predicted molar refractivity (Wildman–Crippen MR) is 135 cm³/mol. The van der Waals surface area contributed by atoms with Crippen molar-refractivity contribution in [1.82, 2.24) is 4.31 Å². The summed E-state index contributed by atoms with van der Waals surface area (Å²) in [6.45, 7) is 7.86. The van der Waals surface area contributed by atoms with E-state index in [9.17, 15) is 18.0 Å². The van der Waals surface area contributed by atoms with Crippen molar-refractivity contribution in [2.24, 2.45) is 0 Å². The van der Waals surface area contributed by atoms with Gasteiger partial charge in [0.25, 0.3) is 5.91 Å². The number of amides is 1. The molecule has 2 aromatic rings. The average Bonchev–Trinajstić information content (AvgIpc) is 2.82. The van der Waals surface area contributed by atoms with Crippen molar-refractivity contribution in [1.29, 1.82) is 5.26 Å².